The Labute approximate surface area is 190 Å². The molecule has 4 rings (SSSR count). The number of benzene rings is 2. The molecule has 0 atom stereocenters. The first-order valence-electron chi connectivity index (χ1n) is 11.3. The van der Waals surface area contributed by atoms with Crippen LogP contribution in [0.5, 0.6) is 5.75 Å². The lowest BCUT2D eigenvalue weighted by atomic mass is 9.93. The molecule has 0 aliphatic carbocycles. The van der Waals surface area contributed by atoms with Crippen molar-refractivity contribution in [1.29, 1.82) is 0 Å². The van der Waals surface area contributed by atoms with Gasteiger partial charge in [-0.05, 0) is 67.4 Å². The molecule has 0 spiro atoms. The predicted molar refractivity (Wildman–Crippen MR) is 133 cm³/mol. The van der Waals surface area contributed by atoms with Gasteiger partial charge < -0.3 is 15.0 Å². The Bertz CT molecular complexity index is 1180. The molecule has 5 heteroatoms. The molecular formula is C27H34FN3O. The monoisotopic (exact) mass is 435 g/mol. The third-order valence-electron chi connectivity index (χ3n) is 5.72. The van der Waals surface area contributed by atoms with E-state index in [2.05, 4.69) is 16.9 Å². The summed E-state index contributed by atoms with van der Waals surface area (Å²) in [5, 5.41) is 5.92. The Morgan fingerprint density at radius 2 is 1.78 bits per heavy atom. The van der Waals surface area contributed by atoms with Crippen LogP contribution < -0.4 is 20.5 Å². The van der Waals surface area contributed by atoms with Gasteiger partial charge in [-0.3, -0.25) is 0 Å². The number of piperidine rings is 1. The summed E-state index contributed by atoms with van der Waals surface area (Å²) in [4.78, 5) is 6.65. The number of rotatable bonds is 4. The van der Waals surface area contributed by atoms with E-state index in [9.17, 15) is 0 Å². The van der Waals surface area contributed by atoms with Crippen LogP contribution in [0.2, 0.25) is 0 Å². The number of nitrogens with one attached hydrogen (secondary N) is 1. The van der Waals surface area contributed by atoms with Crippen LogP contribution in [-0.2, 0) is 0 Å². The van der Waals surface area contributed by atoms with Crippen molar-refractivity contribution >= 4 is 23.7 Å². The molecule has 4 nitrogen and oxygen atoms in total. The van der Waals surface area contributed by atoms with Gasteiger partial charge in [0.15, 0.2) is 0 Å². The Kier molecular flexibility index (Phi) is 7.86. The first-order chi connectivity index (χ1) is 15.5. The van der Waals surface area contributed by atoms with Gasteiger partial charge in [0.2, 0.25) is 0 Å². The van der Waals surface area contributed by atoms with Crippen molar-refractivity contribution in [1.82, 2.24) is 15.2 Å². The van der Waals surface area contributed by atoms with E-state index >= 15 is 4.39 Å². The third-order valence-corrected chi connectivity index (χ3v) is 5.72. The quantitative estimate of drug-likeness (QED) is 0.665. The Morgan fingerprint density at radius 3 is 2.44 bits per heavy atom. The maximum absolute atomic E-state index is 15.1. The minimum Gasteiger partial charge on any atom is -0.496 e. The number of pyridine rings is 1. The molecule has 0 radical (unpaired) electrons. The van der Waals surface area contributed by atoms with Gasteiger partial charge in [0, 0.05) is 47.7 Å². The van der Waals surface area contributed by atoms with Crippen LogP contribution in [0.4, 0.5) is 4.39 Å². The molecule has 3 aromatic rings. The zero-order valence-electron chi connectivity index (χ0n) is 19.8. The molecule has 1 N–H and O–H groups in total. The minimum absolute atomic E-state index is 0.297. The maximum Gasteiger partial charge on any atom is 0.150 e. The highest BCUT2D eigenvalue weighted by molar-refractivity contribution is 5.85. The Balaban J connectivity index is 0.00000141. The molecule has 1 fully saturated rings. The molecule has 0 bridgehead atoms. The lowest BCUT2D eigenvalue weighted by molar-refractivity contribution is 0.411. The van der Waals surface area contributed by atoms with Crippen LogP contribution in [0.25, 0.3) is 34.8 Å². The van der Waals surface area contributed by atoms with Gasteiger partial charge in [-0.2, -0.15) is 0 Å². The Hall–Kier alpha value is -2.92. The molecule has 1 aromatic heterocycles. The second-order valence-electron chi connectivity index (χ2n) is 8.13. The zero-order valence-corrected chi connectivity index (χ0v) is 19.8. The van der Waals surface area contributed by atoms with Gasteiger partial charge >= 0.3 is 0 Å². The number of hydrogen-bond donors (Lipinski definition) is 1. The number of hydrogen-bond acceptors (Lipinski definition) is 4. The van der Waals surface area contributed by atoms with Crippen molar-refractivity contribution < 1.29 is 9.13 Å². The fourth-order valence-corrected chi connectivity index (χ4v) is 4.13. The summed E-state index contributed by atoms with van der Waals surface area (Å²) in [6, 6.07) is 11.5. The largest absolute Gasteiger partial charge is 0.496 e. The summed E-state index contributed by atoms with van der Waals surface area (Å²) in [5.41, 5.74) is 3.11. The molecular weight excluding hydrogens is 401 g/mol. The number of methoxy groups -OCH3 is 1. The molecule has 0 unspecified atom stereocenters. The first kappa shape index (κ1) is 23.7. The summed E-state index contributed by atoms with van der Waals surface area (Å²) in [6.45, 7) is 10.1. The van der Waals surface area contributed by atoms with E-state index in [4.69, 9.17) is 4.74 Å². The van der Waals surface area contributed by atoms with E-state index < -0.39 is 0 Å². The molecule has 1 aliphatic rings. The SMILES string of the molecule is C=c1c(OC)cc(-c2cc(F)c3nc(C4CCNCC4)ccc3c2)c/c1=C/N(C)C.CC. The average molecular weight is 436 g/mol. The van der Waals surface area contributed by atoms with Crippen LogP contribution in [0.1, 0.15) is 38.3 Å². The van der Waals surface area contributed by atoms with Crippen LogP contribution in [-0.4, -0.2) is 44.2 Å². The molecule has 170 valence electrons. The van der Waals surface area contributed by atoms with Gasteiger partial charge in [-0.1, -0.05) is 26.5 Å². The predicted octanol–water partition coefficient (Wildman–Crippen LogP) is 4.25. The highest BCUT2D eigenvalue weighted by Crippen LogP contribution is 2.30. The molecule has 1 saturated heterocycles. The maximum atomic E-state index is 15.1. The van der Waals surface area contributed by atoms with Crippen molar-refractivity contribution in [2.75, 3.05) is 34.3 Å². The van der Waals surface area contributed by atoms with E-state index in [0.29, 0.717) is 17.2 Å². The average Bonchev–Trinajstić information content (AvgIpc) is 2.81. The number of aromatic nitrogens is 1. The summed E-state index contributed by atoms with van der Waals surface area (Å²) in [6.07, 6.45) is 4.07. The number of fused-ring (bicyclic) bond motifs is 1. The second-order valence-corrected chi connectivity index (χ2v) is 8.13. The lowest BCUT2D eigenvalue weighted by Gasteiger charge is -2.22. The number of halogens is 1. The fraction of sp³-hybridized carbons (Fsp3) is 0.370. The van der Waals surface area contributed by atoms with E-state index in [1.807, 2.05) is 69.4 Å². The van der Waals surface area contributed by atoms with Crippen molar-refractivity contribution in [2.24, 2.45) is 0 Å². The lowest BCUT2D eigenvalue weighted by Crippen LogP contribution is -2.27. The van der Waals surface area contributed by atoms with E-state index in [1.54, 1.807) is 13.2 Å². The number of nitrogens with zero attached hydrogens (tertiary/aromatic N) is 2. The van der Waals surface area contributed by atoms with Crippen molar-refractivity contribution in [2.45, 2.75) is 32.6 Å². The molecule has 0 saturated carbocycles. The van der Waals surface area contributed by atoms with Crippen LogP contribution in [0, 0.1) is 5.82 Å². The number of ether oxygens (including phenoxy) is 1. The Morgan fingerprint density at radius 1 is 1.09 bits per heavy atom. The van der Waals surface area contributed by atoms with Crippen molar-refractivity contribution in [3.8, 4) is 16.9 Å². The first-order valence-corrected chi connectivity index (χ1v) is 11.3. The van der Waals surface area contributed by atoms with Gasteiger partial charge in [0.05, 0.1) is 7.11 Å². The van der Waals surface area contributed by atoms with Gasteiger partial charge in [0.1, 0.15) is 17.1 Å². The van der Waals surface area contributed by atoms with Crippen LogP contribution in [0.3, 0.4) is 0 Å². The molecule has 2 heterocycles. The third kappa shape index (κ3) is 5.10. The normalized spacial score (nSPS) is 14.8. The summed E-state index contributed by atoms with van der Waals surface area (Å²) >= 11 is 0. The van der Waals surface area contributed by atoms with E-state index in [-0.39, 0.29) is 5.82 Å². The minimum atomic E-state index is -0.297. The highest BCUT2D eigenvalue weighted by Gasteiger charge is 2.18. The smallest absolute Gasteiger partial charge is 0.150 e. The summed E-state index contributed by atoms with van der Waals surface area (Å²) < 4.78 is 20.6. The zero-order chi connectivity index (χ0) is 23.3. The fourth-order valence-electron chi connectivity index (χ4n) is 4.13. The molecule has 32 heavy (non-hydrogen) atoms. The van der Waals surface area contributed by atoms with Crippen molar-refractivity contribution in [3.63, 3.8) is 0 Å². The highest BCUT2D eigenvalue weighted by atomic mass is 19.1. The molecule has 2 aromatic carbocycles. The summed E-state index contributed by atoms with van der Waals surface area (Å²) in [7, 11) is 5.54. The standard InChI is InChI=1S/C25H28FN3O.C2H6/c1-16-21(15-29(2)3)12-20(14-24(16)30-4)19-11-18-5-6-23(17-7-9-27-10-8-17)28-25(18)22(26)13-19;1-2/h5-6,11-15,17,27H,1,7-10H2,2-4H3;1-2H3/b21-15-;. The van der Waals surface area contributed by atoms with Crippen LogP contribution in [0.15, 0.2) is 36.4 Å². The van der Waals surface area contributed by atoms with E-state index in [0.717, 1.165) is 58.6 Å². The summed E-state index contributed by atoms with van der Waals surface area (Å²) in [5.74, 6) is 0.780. The van der Waals surface area contributed by atoms with E-state index in [1.165, 1.54) is 0 Å². The van der Waals surface area contributed by atoms with Gasteiger partial charge in [-0.25, -0.2) is 9.37 Å². The molecule has 0 amide bonds. The van der Waals surface area contributed by atoms with Crippen molar-refractivity contribution in [3.05, 3.63) is 58.3 Å². The second kappa shape index (κ2) is 10.6. The van der Waals surface area contributed by atoms with Gasteiger partial charge in [-0.15, -0.1) is 0 Å². The topological polar surface area (TPSA) is 37.4 Å². The molecule has 1 aliphatic heterocycles. The van der Waals surface area contributed by atoms with Crippen LogP contribution >= 0.6 is 0 Å². The van der Waals surface area contributed by atoms with Gasteiger partial charge in [0.25, 0.3) is 0 Å².